The van der Waals surface area contributed by atoms with Gasteiger partial charge in [0.05, 0.1) is 0 Å². The van der Waals surface area contributed by atoms with Crippen molar-refractivity contribution in [2.24, 2.45) is 0 Å². The van der Waals surface area contributed by atoms with E-state index in [0.717, 1.165) is 5.56 Å². The van der Waals surface area contributed by atoms with Crippen LogP contribution in [0, 0.1) is 0 Å². The van der Waals surface area contributed by atoms with Crippen LogP contribution in [0.1, 0.15) is 20.8 Å². The standard InChI is InChI=1S/C12H15N5O2/c1-12(2,3)19-11(18)13-9-6-4-5-8(7-9)10-14-16-17-15-10/h4-7H,1-3H3,(H,13,18)(H,14,15,16,17). The van der Waals surface area contributed by atoms with Crippen molar-refractivity contribution >= 4 is 11.8 Å². The van der Waals surface area contributed by atoms with Crippen molar-refractivity contribution in [1.29, 1.82) is 0 Å². The summed E-state index contributed by atoms with van der Waals surface area (Å²) in [6.45, 7) is 5.42. The molecular formula is C12H15N5O2. The van der Waals surface area contributed by atoms with Crippen LogP contribution in [-0.4, -0.2) is 32.3 Å². The molecule has 0 aliphatic heterocycles. The summed E-state index contributed by atoms with van der Waals surface area (Å²) in [6.07, 6.45) is -0.502. The quantitative estimate of drug-likeness (QED) is 0.864. The maximum absolute atomic E-state index is 11.6. The zero-order chi connectivity index (χ0) is 13.9. The number of aromatic amines is 1. The molecule has 0 bridgehead atoms. The van der Waals surface area contributed by atoms with Gasteiger partial charge in [0.1, 0.15) is 5.60 Å². The van der Waals surface area contributed by atoms with Crippen LogP contribution in [0.4, 0.5) is 10.5 Å². The van der Waals surface area contributed by atoms with Crippen molar-refractivity contribution in [3.8, 4) is 11.4 Å². The van der Waals surface area contributed by atoms with Gasteiger partial charge >= 0.3 is 6.09 Å². The van der Waals surface area contributed by atoms with E-state index in [2.05, 4.69) is 25.9 Å². The Balaban J connectivity index is 2.10. The van der Waals surface area contributed by atoms with E-state index in [-0.39, 0.29) is 0 Å². The number of anilines is 1. The summed E-state index contributed by atoms with van der Waals surface area (Å²) in [5.41, 5.74) is 0.828. The highest BCUT2D eigenvalue weighted by atomic mass is 16.6. The van der Waals surface area contributed by atoms with E-state index in [9.17, 15) is 4.79 Å². The molecule has 7 nitrogen and oxygen atoms in total. The largest absolute Gasteiger partial charge is 0.444 e. The van der Waals surface area contributed by atoms with Crippen LogP contribution in [0.2, 0.25) is 0 Å². The summed E-state index contributed by atoms with van der Waals surface area (Å²) in [6, 6.07) is 7.12. The van der Waals surface area contributed by atoms with Crippen LogP contribution in [0.3, 0.4) is 0 Å². The number of ether oxygens (including phenoxy) is 1. The number of tetrazole rings is 1. The molecule has 0 saturated heterocycles. The van der Waals surface area contributed by atoms with Gasteiger partial charge < -0.3 is 4.74 Å². The smallest absolute Gasteiger partial charge is 0.412 e. The SMILES string of the molecule is CC(C)(C)OC(=O)Nc1cccc(-c2nn[nH]n2)c1. The molecule has 100 valence electrons. The average Bonchev–Trinajstić information content (AvgIpc) is 2.79. The molecule has 0 atom stereocenters. The monoisotopic (exact) mass is 261 g/mol. The van der Waals surface area contributed by atoms with Crippen molar-refractivity contribution in [2.75, 3.05) is 5.32 Å². The first-order valence-corrected chi connectivity index (χ1v) is 5.78. The average molecular weight is 261 g/mol. The van der Waals surface area contributed by atoms with E-state index >= 15 is 0 Å². The molecule has 0 spiro atoms. The van der Waals surface area contributed by atoms with Gasteiger partial charge in [0, 0.05) is 11.3 Å². The molecule has 0 radical (unpaired) electrons. The fourth-order valence-corrected chi connectivity index (χ4v) is 1.44. The molecule has 0 aliphatic rings. The van der Waals surface area contributed by atoms with Crippen LogP contribution >= 0.6 is 0 Å². The summed E-state index contributed by atoms with van der Waals surface area (Å²) in [4.78, 5) is 11.6. The predicted molar refractivity (Wildman–Crippen MR) is 69.5 cm³/mol. The molecule has 0 saturated carbocycles. The predicted octanol–water partition coefficient (Wildman–Crippen LogP) is 2.21. The Kier molecular flexibility index (Phi) is 3.46. The highest BCUT2D eigenvalue weighted by molar-refractivity contribution is 5.85. The number of carbonyl (C=O) groups excluding carboxylic acids is 1. The molecule has 0 fully saturated rings. The van der Waals surface area contributed by atoms with Gasteiger partial charge in [0.2, 0.25) is 5.82 Å². The Morgan fingerprint density at radius 2 is 2.16 bits per heavy atom. The van der Waals surface area contributed by atoms with Gasteiger partial charge in [-0.1, -0.05) is 12.1 Å². The van der Waals surface area contributed by atoms with Gasteiger partial charge in [-0.15, -0.1) is 10.2 Å². The molecule has 2 rings (SSSR count). The van der Waals surface area contributed by atoms with Crippen molar-refractivity contribution < 1.29 is 9.53 Å². The minimum Gasteiger partial charge on any atom is -0.444 e. The Morgan fingerprint density at radius 1 is 1.37 bits per heavy atom. The highest BCUT2D eigenvalue weighted by Crippen LogP contribution is 2.19. The van der Waals surface area contributed by atoms with Gasteiger partial charge in [0.15, 0.2) is 0 Å². The molecule has 19 heavy (non-hydrogen) atoms. The lowest BCUT2D eigenvalue weighted by Gasteiger charge is -2.19. The number of nitrogens with one attached hydrogen (secondary N) is 2. The molecular weight excluding hydrogens is 246 g/mol. The van der Waals surface area contributed by atoms with Crippen LogP contribution in [-0.2, 0) is 4.74 Å². The highest BCUT2D eigenvalue weighted by Gasteiger charge is 2.16. The summed E-state index contributed by atoms with van der Waals surface area (Å²) in [5, 5.41) is 16.3. The normalized spacial score (nSPS) is 11.1. The number of rotatable bonds is 2. The van der Waals surface area contributed by atoms with Gasteiger partial charge in [-0.2, -0.15) is 5.21 Å². The lowest BCUT2D eigenvalue weighted by molar-refractivity contribution is 0.0636. The fraction of sp³-hybridized carbons (Fsp3) is 0.333. The first kappa shape index (κ1) is 13.0. The second-order valence-electron chi connectivity index (χ2n) is 4.94. The third kappa shape index (κ3) is 3.77. The summed E-state index contributed by atoms with van der Waals surface area (Å²) in [7, 11) is 0. The number of amides is 1. The molecule has 0 unspecified atom stereocenters. The zero-order valence-electron chi connectivity index (χ0n) is 11.0. The van der Waals surface area contributed by atoms with E-state index in [4.69, 9.17) is 4.74 Å². The molecule has 1 aromatic carbocycles. The van der Waals surface area contributed by atoms with Crippen molar-refractivity contribution in [3.05, 3.63) is 24.3 Å². The lowest BCUT2D eigenvalue weighted by Crippen LogP contribution is -2.27. The summed E-state index contributed by atoms with van der Waals surface area (Å²) < 4.78 is 5.17. The number of hydrogen-bond acceptors (Lipinski definition) is 5. The summed E-state index contributed by atoms with van der Waals surface area (Å²) >= 11 is 0. The van der Waals surface area contributed by atoms with Crippen LogP contribution in [0.25, 0.3) is 11.4 Å². The number of hydrogen-bond donors (Lipinski definition) is 2. The van der Waals surface area contributed by atoms with Crippen molar-refractivity contribution in [1.82, 2.24) is 20.6 Å². The second-order valence-corrected chi connectivity index (χ2v) is 4.94. The Bertz CT molecular complexity index is 560. The van der Waals surface area contributed by atoms with E-state index in [0.29, 0.717) is 11.5 Å². The fourth-order valence-electron chi connectivity index (χ4n) is 1.44. The minimum atomic E-state index is -0.532. The maximum atomic E-state index is 11.6. The third-order valence-electron chi connectivity index (χ3n) is 2.11. The Hall–Kier alpha value is -2.44. The number of nitrogens with zero attached hydrogens (tertiary/aromatic N) is 3. The van der Waals surface area contributed by atoms with Crippen LogP contribution < -0.4 is 5.32 Å². The lowest BCUT2D eigenvalue weighted by atomic mass is 10.2. The van der Waals surface area contributed by atoms with Crippen LogP contribution in [0.15, 0.2) is 24.3 Å². The van der Waals surface area contributed by atoms with E-state index < -0.39 is 11.7 Å². The first-order valence-electron chi connectivity index (χ1n) is 5.78. The van der Waals surface area contributed by atoms with Gasteiger partial charge in [-0.25, -0.2) is 4.79 Å². The minimum absolute atomic E-state index is 0.466. The van der Waals surface area contributed by atoms with Crippen LogP contribution in [0.5, 0.6) is 0 Å². The van der Waals surface area contributed by atoms with Gasteiger partial charge in [-0.3, -0.25) is 5.32 Å². The van der Waals surface area contributed by atoms with Gasteiger partial charge in [0.25, 0.3) is 0 Å². The van der Waals surface area contributed by atoms with Crippen molar-refractivity contribution in [2.45, 2.75) is 26.4 Å². The Morgan fingerprint density at radius 3 is 2.79 bits per heavy atom. The first-order chi connectivity index (χ1) is 8.94. The molecule has 2 N–H and O–H groups in total. The number of carbonyl (C=O) groups is 1. The van der Waals surface area contributed by atoms with Gasteiger partial charge in [-0.05, 0) is 38.1 Å². The molecule has 1 heterocycles. The van der Waals surface area contributed by atoms with E-state index in [1.165, 1.54) is 0 Å². The number of H-pyrrole nitrogens is 1. The third-order valence-corrected chi connectivity index (χ3v) is 2.11. The van der Waals surface area contributed by atoms with E-state index in [1.807, 2.05) is 26.8 Å². The van der Waals surface area contributed by atoms with E-state index in [1.54, 1.807) is 18.2 Å². The molecule has 2 aromatic rings. The molecule has 1 amide bonds. The second kappa shape index (κ2) is 5.05. The Labute approximate surface area is 110 Å². The zero-order valence-corrected chi connectivity index (χ0v) is 11.0. The topological polar surface area (TPSA) is 92.8 Å². The number of benzene rings is 1. The molecule has 0 aliphatic carbocycles. The number of aromatic nitrogens is 4. The van der Waals surface area contributed by atoms with Crippen molar-refractivity contribution in [3.63, 3.8) is 0 Å². The summed E-state index contributed by atoms with van der Waals surface area (Å²) in [5.74, 6) is 0.466. The maximum Gasteiger partial charge on any atom is 0.412 e. The molecule has 7 heteroatoms. The molecule has 1 aromatic heterocycles.